The summed E-state index contributed by atoms with van der Waals surface area (Å²) in [6.45, 7) is 1.41. The van der Waals surface area contributed by atoms with Gasteiger partial charge in [0.15, 0.2) is 6.61 Å². The van der Waals surface area contributed by atoms with Crippen LogP contribution in [0, 0.1) is 6.92 Å². The summed E-state index contributed by atoms with van der Waals surface area (Å²) in [5.74, 6) is -0.917. The third-order valence-corrected chi connectivity index (χ3v) is 6.75. The summed E-state index contributed by atoms with van der Waals surface area (Å²) in [4.78, 5) is 30.8. The molecule has 0 saturated carbocycles. The fourth-order valence-electron chi connectivity index (χ4n) is 3.09. The van der Waals surface area contributed by atoms with E-state index in [1.807, 2.05) is 72.1 Å². The van der Waals surface area contributed by atoms with Gasteiger partial charge in [-0.1, -0.05) is 54.6 Å². The molecule has 0 fully saturated rings. The van der Waals surface area contributed by atoms with Crippen molar-refractivity contribution in [1.82, 2.24) is 4.98 Å². The Kier molecular flexibility index (Phi) is 6.54. The molecule has 0 aliphatic carbocycles. The van der Waals surface area contributed by atoms with Crippen molar-refractivity contribution < 1.29 is 14.3 Å². The minimum absolute atomic E-state index is 0.357. The quantitative estimate of drug-likeness (QED) is 0.376. The van der Waals surface area contributed by atoms with Crippen LogP contribution in [0.2, 0.25) is 0 Å². The zero-order valence-corrected chi connectivity index (χ0v) is 18.5. The average molecular weight is 449 g/mol. The second-order valence-electron chi connectivity index (χ2n) is 6.85. The van der Waals surface area contributed by atoms with Gasteiger partial charge in [-0.2, -0.15) is 0 Å². The largest absolute Gasteiger partial charge is 0.451 e. The molecule has 1 N–H and O–H groups in total. The van der Waals surface area contributed by atoms with Crippen LogP contribution in [0.1, 0.15) is 26.5 Å². The van der Waals surface area contributed by atoms with E-state index in [1.54, 1.807) is 18.3 Å². The second-order valence-corrected chi connectivity index (χ2v) is 8.80. The third-order valence-electron chi connectivity index (χ3n) is 4.58. The van der Waals surface area contributed by atoms with Crippen LogP contribution in [0.25, 0.3) is 9.88 Å². The van der Waals surface area contributed by atoms with E-state index < -0.39 is 5.97 Å². The molecule has 7 heteroatoms. The Hall–Kier alpha value is -3.29. The number of hydrogen-bond acceptors (Lipinski definition) is 6. The summed E-state index contributed by atoms with van der Waals surface area (Å²) < 4.78 is 5.25. The van der Waals surface area contributed by atoms with Crippen molar-refractivity contribution in [2.24, 2.45) is 0 Å². The summed E-state index contributed by atoms with van der Waals surface area (Å²) in [5.41, 5.74) is 3.46. The summed E-state index contributed by atoms with van der Waals surface area (Å²) in [6.07, 6.45) is 0.697. The van der Waals surface area contributed by atoms with Gasteiger partial charge in [-0.3, -0.25) is 4.79 Å². The van der Waals surface area contributed by atoms with Crippen LogP contribution in [0.15, 0.2) is 72.1 Å². The number of para-hydroxylation sites is 1. The minimum atomic E-state index is -0.537. The van der Waals surface area contributed by atoms with E-state index in [0.29, 0.717) is 22.7 Å². The lowest BCUT2D eigenvalue weighted by molar-refractivity contribution is -0.119. The number of carbonyl (C=O) groups excluding carboxylic acids is 2. The first-order chi connectivity index (χ1) is 15.1. The Morgan fingerprint density at radius 1 is 1.00 bits per heavy atom. The smallest absolute Gasteiger partial charge is 0.350 e. The zero-order chi connectivity index (χ0) is 21.6. The number of hydrogen-bond donors (Lipinski definition) is 1. The third kappa shape index (κ3) is 5.25. The first-order valence-electron chi connectivity index (χ1n) is 9.70. The normalized spacial score (nSPS) is 10.6. The lowest BCUT2D eigenvalue weighted by atomic mass is 10.0. The van der Waals surface area contributed by atoms with Gasteiger partial charge < -0.3 is 10.1 Å². The van der Waals surface area contributed by atoms with Crippen LogP contribution in [0.3, 0.4) is 0 Å². The number of rotatable bonds is 7. The van der Waals surface area contributed by atoms with Crippen LogP contribution in [-0.4, -0.2) is 23.5 Å². The average Bonchev–Trinajstić information content (AvgIpc) is 3.44. The fraction of sp³-hybridized carbons (Fsp3) is 0.125. The van der Waals surface area contributed by atoms with E-state index in [2.05, 4.69) is 10.3 Å². The minimum Gasteiger partial charge on any atom is -0.451 e. The molecule has 1 amide bonds. The molecular weight excluding hydrogens is 428 g/mol. The summed E-state index contributed by atoms with van der Waals surface area (Å²) in [6, 6.07) is 21.6. The maximum Gasteiger partial charge on any atom is 0.350 e. The number of aromatic nitrogens is 1. The molecule has 0 spiro atoms. The highest BCUT2D eigenvalue weighted by atomic mass is 32.1. The predicted octanol–water partition coefficient (Wildman–Crippen LogP) is 5.57. The molecule has 156 valence electrons. The van der Waals surface area contributed by atoms with Crippen molar-refractivity contribution in [3.8, 4) is 9.88 Å². The number of thiazole rings is 1. The van der Waals surface area contributed by atoms with Crippen LogP contribution in [0.4, 0.5) is 5.69 Å². The van der Waals surface area contributed by atoms with Gasteiger partial charge in [-0.05, 0) is 42.0 Å². The summed E-state index contributed by atoms with van der Waals surface area (Å²) in [5, 5.41) is 5.59. The number of aryl methyl sites for hydroxylation is 1. The Bertz CT molecular complexity index is 1180. The number of carbonyl (C=O) groups is 2. The Balaban J connectivity index is 1.37. The van der Waals surface area contributed by atoms with Gasteiger partial charge in [-0.25, -0.2) is 9.78 Å². The predicted molar refractivity (Wildman–Crippen MR) is 125 cm³/mol. The first-order valence-corrected chi connectivity index (χ1v) is 11.4. The lowest BCUT2D eigenvalue weighted by Gasteiger charge is -2.11. The highest BCUT2D eigenvalue weighted by Crippen LogP contribution is 2.31. The van der Waals surface area contributed by atoms with E-state index in [9.17, 15) is 9.59 Å². The molecule has 0 atom stereocenters. The van der Waals surface area contributed by atoms with Crippen molar-refractivity contribution in [3.05, 3.63) is 93.8 Å². The van der Waals surface area contributed by atoms with Gasteiger partial charge in [0.2, 0.25) is 0 Å². The molecule has 5 nitrogen and oxygen atoms in total. The molecule has 31 heavy (non-hydrogen) atoms. The fourth-order valence-corrected chi connectivity index (χ4v) is 4.84. The molecule has 0 unspecified atom stereocenters. The van der Waals surface area contributed by atoms with Crippen molar-refractivity contribution in [3.63, 3.8) is 0 Å². The molecule has 0 aliphatic heterocycles. The second kappa shape index (κ2) is 9.68. The highest BCUT2D eigenvalue weighted by Gasteiger charge is 2.19. The standard InChI is InChI=1S/C24H20N2O3S2/c1-16-22(31-23(25-16)20-12-7-13-30-20)24(28)29-15-21(27)26-19-11-6-5-10-18(19)14-17-8-3-2-4-9-17/h2-13H,14-15H2,1H3,(H,26,27). The highest BCUT2D eigenvalue weighted by molar-refractivity contribution is 7.22. The van der Waals surface area contributed by atoms with Crippen LogP contribution < -0.4 is 5.32 Å². The molecule has 0 saturated heterocycles. The van der Waals surface area contributed by atoms with Crippen molar-refractivity contribution in [1.29, 1.82) is 0 Å². The lowest BCUT2D eigenvalue weighted by Crippen LogP contribution is -2.21. The molecule has 2 heterocycles. The SMILES string of the molecule is Cc1nc(-c2cccs2)sc1C(=O)OCC(=O)Nc1ccccc1Cc1ccccc1. The Morgan fingerprint density at radius 3 is 2.55 bits per heavy atom. The monoisotopic (exact) mass is 448 g/mol. The first kappa shape index (κ1) is 21.0. The molecule has 4 aromatic rings. The molecular formula is C24H20N2O3S2. The van der Waals surface area contributed by atoms with Crippen molar-refractivity contribution in [2.75, 3.05) is 11.9 Å². The number of nitrogens with one attached hydrogen (secondary N) is 1. The maximum absolute atomic E-state index is 12.5. The maximum atomic E-state index is 12.5. The van der Waals surface area contributed by atoms with Crippen LogP contribution in [-0.2, 0) is 16.0 Å². The summed E-state index contributed by atoms with van der Waals surface area (Å²) >= 11 is 2.84. The number of esters is 1. The summed E-state index contributed by atoms with van der Waals surface area (Å²) in [7, 11) is 0. The van der Waals surface area contributed by atoms with Crippen LogP contribution >= 0.6 is 22.7 Å². The molecule has 4 rings (SSSR count). The van der Waals surface area contributed by atoms with Gasteiger partial charge >= 0.3 is 5.97 Å². The van der Waals surface area contributed by atoms with Gasteiger partial charge in [0.05, 0.1) is 10.6 Å². The molecule has 0 aliphatic rings. The van der Waals surface area contributed by atoms with Crippen molar-refractivity contribution in [2.45, 2.75) is 13.3 Å². The topological polar surface area (TPSA) is 68.3 Å². The van der Waals surface area contributed by atoms with Crippen LogP contribution in [0.5, 0.6) is 0 Å². The van der Waals surface area contributed by atoms with E-state index in [0.717, 1.165) is 21.0 Å². The number of benzene rings is 2. The van der Waals surface area contributed by atoms with Gasteiger partial charge in [0.1, 0.15) is 9.88 Å². The molecule has 0 radical (unpaired) electrons. The number of nitrogens with zero attached hydrogens (tertiary/aromatic N) is 1. The Labute approximate surface area is 188 Å². The van der Waals surface area contributed by atoms with E-state index in [1.165, 1.54) is 11.3 Å². The number of amides is 1. The van der Waals surface area contributed by atoms with Gasteiger partial charge in [0, 0.05) is 5.69 Å². The van der Waals surface area contributed by atoms with Crippen molar-refractivity contribution >= 4 is 40.2 Å². The zero-order valence-electron chi connectivity index (χ0n) is 16.8. The van der Waals surface area contributed by atoms with E-state index >= 15 is 0 Å². The molecule has 0 bridgehead atoms. The number of thiophene rings is 1. The Morgan fingerprint density at radius 2 is 1.77 bits per heavy atom. The number of ether oxygens (including phenoxy) is 1. The van der Waals surface area contributed by atoms with Gasteiger partial charge in [-0.15, -0.1) is 22.7 Å². The number of anilines is 1. The molecule has 2 aromatic carbocycles. The molecule has 2 aromatic heterocycles. The van der Waals surface area contributed by atoms with Gasteiger partial charge in [0.25, 0.3) is 5.91 Å². The van der Waals surface area contributed by atoms with E-state index in [4.69, 9.17) is 4.74 Å². The van der Waals surface area contributed by atoms with E-state index in [-0.39, 0.29) is 12.5 Å².